The molecular weight excluding hydrogens is 424 g/mol. The molecule has 27 heavy (non-hydrogen) atoms. The maximum absolute atomic E-state index is 12.7. The summed E-state index contributed by atoms with van der Waals surface area (Å²) in [6, 6.07) is 6.99. The van der Waals surface area contributed by atoms with E-state index in [0.717, 1.165) is 24.0 Å². The summed E-state index contributed by atoms with van der Waals surface area (Å²) in [6.45, 7) is 3.67. The van der Waals surface area contributed by atoms with Crippen molar-refractivity contribution in [3.63, 3.8) is 0 Å². The Morgan fingerprint density at radius 3 is 2.44 bits per heavy atom. The van der Waals surface area contributed by atoms with Gasteiger partial charge in [0.15, 0.2) is 0 Å². The van der Waals surface area contributed by atoms with Crippen molar-refractivity contribution in [3.05, 3.63) is 57.6 Å². The summed E-state index contributed by atoms with van der Waals surface area (Å²) in [5.41, 5.74) is -1.16. The van der Waals surface area contributed by atoms with E-state index in [-0.39, 0.29) is 32.5 Å². The number of carbonyl (C=O) groups is 1. The molecule has 0 saturated carbocycles. The molecule has 9 heteroatoms. The predicted molar refractivity (Wildman–Crippen MR) is 101 cm³/mol. The van der Waals surface area contributed by atoms with Gasteiger partial charge in [-0.15, -0.1) is 11.8 Å². The Bertz CT molecular complexity index is 828. The first-order valence-corrected chi connectivity index (χ1v) is 9.59. The Kier molecular flexibility index (Phi) is 7.31. The van der Waals surface area contributed by atoms with Crippen LogP contribution in [-0.4, -0.2) is 17.2 Å². The normalized spacial score (nSPS) is 12.6. The molecule has 0 aliphatic heterocycles. The van der Waals surface area contributed by atoms with E-state index in [1.807, 2.05) is 6.92 Å². The Hall–Kier alpha value is -1.57. The number of benzene rings is 2. The number of thioether (sulfide) groups is 1. The van der Waals surface area contributed by atoms with Crippen molar-refractivity contribution in [2.75, 3.05) is 5.75 Å². The van der Waals surface area contributed by atoms with Crippen LogP contribution in [0.15, 0.2) is 36.4 Å². The molecule has 146 valence electrons. The van der Waals surface area contributed by atoms with Crippen LogP contribution < -0.4 is 4.74 Å². The summed E-state index contributed by atoms with van der Waals surface area (Å²) in [5, 5.41) is -0.0450. The summed E-state index contributed by atoms with van der Waals surface area (Å²) in [4.78, 5) is 12.3. The Labute approximate surface area is 168 Å². The lowest BCUT2D eigenvalue weighted by Crippen LogP contribution is -2.12. The number of alkyl halides is 3. The van der Waals surface area contributed by atoms with E-state index >= 15 is 0 Å². The lowest BCUT2D eigenvalue weighted by atomic mass is 10.2. The van der Waals surface area contributed by atoms with Gasteiger partial charge in [0, 0.05) is 0 Å². The molecule has 0 radical (unpaired) electrons. The van der Waals surface area contributed by atoms with Crippen LogP contribution in [0.4, 0.5) is 13.2 Å². The highest BCUT2D eigenvalue weighted by Crippen LogP contribution is 2.37. The number of carbonyl (C=O) groups excluding carboxylic acids is 1. The Balaban J connectivity index is 2.22. The highest BCUT2D eigenvalue weighted by atomic mass is 35.5. The quantitative estimate of drug-likeness (QED) is 0.357. The van der Waals surface area contributed by atoms with Gasteiger partial charge in [-0.1, -0.05) is 30.1 Å². The minimum atomic E-state index is -4.51. The summed E-state index contributed by atoms with van der Waals surface area (Å²) in [7, 11) is 0. The van der Waals surface area contributed by atoms with Crippen molar-refractivity contribution >= 4 is 40.9 Å². The molecule has 0 amide bonds. The molecule has 0 aromatic heterocycles. The van der Waals surface area contributed by atoms with Gasteiger partial charge in [0.05, 0.1) is 21.2 Å². The highest BCUT2D eigenvalue weighted by molar-refractivity contribution is 7.99. The van der Waals surface area contributed by atoms with E-state index in [2.05, 4.69) is 0 Å². The molecule has 0 heterocycles. The second-order valence-electron chi connectivity index (χ2n) is 5.31. The van der Waals surface area contributed by atoms with Crippen LogP contribution in [-0.2, 0) is 10.9 Å². The number of esters is 1. The third kappa shape index (κ3) is 5.96. The van der Waals surface area contributed by atoms with Crippen molar-refractivity contribution in [3.8, 4) is 11.5 Å². The van der Waals surface area contributed by atoms with Gasteiger partial charge in [-0.05, 0) is 49.1 Å². The van der Waals surface area contributed by atoms with Crippen LogP contribution in [0.1, 0.15) is 29.8 Å². The van der Waals surface area contributed by atoms with E-state index in [0.29, 0.717) is 0 Å². The molecule has 0 bridgehead atoms. The number of ether oxygens (including phenoxy) is 2. The maximum Gasteiger partial charge on any atom is 0.416 e. The van der Waals surface area contributed by atoms with Crippen molar-refractivity contribution in [2.24, 2.45) is 0 Å². The first-order chi connectivity index (χ1) is 12.6. The summed E-state index contributed by atoms with van der Waals surface area (Å²) < 4.78 is 48.9. The molecule has 0 aliphatic rings. The lowest BCUT2D eigenvalue weighted by Gasteiger charge is -2.14. The summed E-state index contributed by atoms with van der Waals surface area (Å²) in [5.74, 6) is 0.347. The molecular formula is C18H15Cl2F3O3S. The topological polar surface area (TPSA) is 35.5 Å². The van der Waals surface area contributed by atoms with E-state index < -0.39 is 17.7 Å². The summed E-state index contributed by atoms with van der Waals surface area (Å²) >= 11 is 13.4. The monoisotopic (exact) mass is 438 g/mol. The zero-order chi connectivity index (χ0) is 20.2. The zero-order valence-corrected chi connectivity index (χ0v) is 16.6. The number of hydrogen-bond donors (Lipinski definition) is 0. The van der Waals surface area contributed by atoms with Crippen molar-refractivity contribution in [1.82, 2.24) is 0 Å². The minimum Gasteiger partial charge on any atom is -0.456 e. The van der Waals surface area contributed by atoms with Gasteiger partial charge in [0.1, 0.15) is 16.9 Å². The standard InChI is InChI=1S/C18H15Cl2F3O3S/c1-3-27-10(2)25-17(24)13-9-12(5-6-14(13)19)26-16-7-4-11(8-15(16)20)18(21,22)23/h4-10H,3H2,1-2H3. The fourth-order valence-electron chi connectivity index (χ4n) is 2.09. The number of halogens is 5. The van der Waals surface area contributed by atoms with Crippen molar-refractivity contribution < 1.29 is 27.4 Å². The van der Waals surface area contributed by atoms with E-state index in [1.54, 1.807) is 6.92 Å². The maximum atomic E-state index is 12.7. The first kappa shape index (κ1) is 21.7. The molecule has 3 nitrogen and oxygen atoms in total. The average molecular weight is 439 g/mol. The fraction of sp³-hybridized carbons (Fsp3) is 0.278. The molecule has 0 aliphatic carbocycles. The zero-order valence-electron chi connectivity index (χ0n) is 14.3. The van der Waals surface area contributed by atoms with Gasteiger partial charge in [-0.2, -0.15) is 13.2 Å². The first-order valence-electron chi connectivity index (χ1n) is 7.78. The predicted octanol–water partition coefficient (Wildman–Crippen LogP) is 7.06. The van der Waals surface area contributed by atoms with E-state index in [1.165, 1.54) is 30.0 Å². The molecule has 2 aromatic carbocycles. The van der Waals surface area contributed by atoms with Crippen LogP contribution in [0.2, 0.25) is 10.0 Å². The Morgan fingerprint density at radius 2 is 1.85 bits per heavy atom. The summed E-state index contributed by atoms with van der Waals surface area (Å²) in [6.07, 6.45) is -4.51. The largest absolute Gasteiger partial charge is 0.456 e. The van der Waals surface area contributed by atoms with Crippen LogP contribution in [0.5, 0.6) is 11.5 Å². The SMILES string of the molecule is CCSC(C)OC(=O)c1cc(Oc2ccc(C(F)(F)F)cc2Cl)ccc1Cl. The van der Waals surface area contributed by atoms with Gasteiger partial charge < -0.3 is 9.47 Å². The van der Waals surface area contributed by atoms with Crippen molar-refractivity contribution in [2.45, 2.75) is 25.5 Å². The molecule has 2 rings (SSSR count). The molecule has 1 unspecified atom stereocenters. The third-order valence-corrected chi connectivity index (χ3v) is 4.84. The van der Waals surface area contributed by atoms with Gasteiger partial charge >= 0.3 is 12.1 Å². The second kappa shape index (κ2) is 9.08. The van der Waals surface area contributed by atoms with Gasteiger partial charge in [-0.3, -0.25) is 0 Å². The third-order valence-electron chi connectivity index (χ3n) is 3.32. The van der Waals surface area contributed by atoms with E-state index in [9.17, 15) is 18.0 Å². The number of rotatable bonds is 6. The fourth-order valence-corrected chi connectivity index (χ4v) is 3.13. The van der Waals surface area contributed by atoms with Crippen molar-refractivity contribution in [1.29, 1.82) is 0 Å². The van der Waals surface area contributed by atoms with Crippen LogP contribution in [0, 0.1) is 0 Å². The van der Waals surface area contributed by atoms with E-state index in [4.69, 9.17) is 32.7 Å². The smallest absolute Gasteiger partial charge is 0.416 e. The minimum absolute atomic E-state index is 0.0150. The van der Waals surface area contributed by atoms with Gasteiger partial charge in [-0.25, -0.2) is 4.79 Å². The molecule has 0 N–H and O–H groups in total. The van der Waals surface area contributed by atoms with Crippen LogP contribution in [0.3, 0.4) is 0 Å². The Morgan fingerprint density at radius 1 is 1.15 bits per heavy atom. The molecule has 0 spiro atoms. The molecule has 0 fully saturated rings. The average Bonchev–Trinajstić information content (AvgIpc) is 2.57. The second-order valence-corrected chi connectivity index (χ2v) is 7.70. The molecule has 2 aromatic rings. The lowest BCUT2D eigenvalue weighted by molar-refractivity contribution is -0.137. The van der Waals surface area contributed by atoms with Gasteiger partial charge in [0.2, 0.25) is 0 Å². The van der Waals surface area contributed by atoms with Crippen LogP contribution in [0.25, 0.3) is 0 Å². The highest BCUT2D eigenvalue weighted by Gasteiger charge is 2.31. The molecule has 1 atom stereocenters. The molecule has 0 saturated heterocycles. The van der Waals surface area contributed by atoms with Crippen LogP contribution >= 0.6 is 35.0 Å². The number of hydrogen-bond acceptors (Lipinski definition) is 4. The van der Waals surface area contributed by atoms with Gasteiger partial charge in [0.25, 0.3) is 0 Å².